The van der Waals surface area contributed by atoms with Crippen LogP contribution in [-0.4, -0.2) is 22.7 Å². The Hall–Kier alpha value is -0.830. The van der Waals surface area contributed by atoms with E-state index in [4.69, 9.17) is 0 Å². The fourth-order valence-corrected chi connectivity index (χ4v) is 1.85. The van der Waals surface area contributed by atoms with Crippen molar-refractivity contribution < 1.29 is 4.79 Å². The highest BCUT2D eigenvalue weighted by Gasteiger charge is 2.09. The molecule has 0 atom stereocenters. The molecule has 0 spiro atoms. The van der Waals surface area contributed by atoms with Gasteiger partial charge in [-0.3, -0.25) is 4.79 Å². The molecular weight excluding hydrogens is 254 g/mol. The number of hydrogen-bond acceptors (Lipinski definition) is 1. The Morgan fingerprint density at radius 2 is 2.20 bits per heavy atom. The van der Waals surface area contributed by atoms with Crippen molar-refractivity contribution >= 4 is 21.8 Å². The zero-order valence-corrected chi connectivity index (χ0v) is 10.8. The fraction of sp³-hybridized carbons (Fsp3) is 0.417. The molecule has 0 aliphatic rings. The van der Waals surface area contributed by atoms with Gasteiger partial charge in [0.05, 0.1) is 5.33 Å². The molecular formula is C12H16BrNO. The molecule has 0 aliphatic heterocycles. The molecule has 0 heterocycles. The number of amides is 1. The minimum atomic E-state index is 0.138. The number of benzene rings is 1. The first kappa shape index (κ1) is 12.2. The van der Waals surface area contributed by atoms with Crippen molar-refractivity contribution in [3.05, 3.63) is 35.4 Å². The SMILES string of the molecule is CCN(Cc1cccc(C)c1)C(=O)CBr. The van der Waals surface area contributed by atoms with E-state index in [1.54, 1.807) is 0 Å². The van der Waals surface area contributed by atoms with E-state index in [1.165, 1.54) is 11.1 Å². The lowest BCUT2D eigenvalue weighted by Crippen LogP contribution is -2.31. The Kier molecular flexibility index (Phi) is 4.82. The van der Waals surface area contributed by atoms with Crippen LogP contribution in [0, 0.1) is 6.92 Å². The Labute approximate surface area is 99.4 Å². The number of rotatable bonds is 4. The first-order chi connectivity index (χ1) is 7.17. The molecule has 0 aromatic heterocycles. The van der Waals surface area contributed by atoms with Gasteiger partial charge in [-0.15, -0.1) is 0 Å². The topological polar surface area (TPSA) is 20.3 Å². The molecule has 3 heteroatoms. The summed E-state index contributed by atoms with van der Waals surface area (Å²) < 4.78 is 0. The Morgan fingerprint density at radius 3 is 2.73 bits per heavy atom. The molecule has 0 unspecified atom stereocenters. The molecule has 82 valence electrons. The van der Waals surface area contributed by atoms with Gasteiger partial charge in [-0.2, -0.15) is 0 Å². The number of halogens is 1. The van der Waals surface area contributed by atoms with Gasteiger partial charge in [-0.1, -0.05) is 45.8 Å². The van der Waals surface area contributed by atoms with E-state index in [-0.39, 0.29) is 5.91 Å². The molecule has 0 radical (unpaired) electrons. The molecule has 1 amide bonds. The number of alkyl halides is 1. The smallest absolute Gasteiger partial charge is 0.233 e. The van der Waals surface area contributed by atoms with E-state index in [9.17, 15) is 4.79 Å². The first-order valence-electron chi connectivity index (χ1n) is 5.06. The Morgan fingerprint density at radius 1 is 1.47 bits per heavy atom. The summed E-state index contributed by atoms with van der Waals surface area (Å²) in [6, 6.07) is 8.25. The van der Waals surface area contributed by atoms with Gasteiger partial charge in [0.2, 0.25) is 5.91 Å². The van der Waals surface area contributed by atoms with Crippen LogP contribution in [0.15, 0.2) is 24.3 Å². The van der Waals surface area contributed by atoms with Gasteiger partial charge in [0.25, 0.3) is 0 Å². The van der Waals surface area contributed by atoms with Crippen molar-refractivity contribution in [3.8, 4) is 0 Å². The van der Waals surface area contributed by atoms with Crippen molar-refractivity contribution in [2.75, 3.05) is 11.9 Å². The van der Waals surface area contributed by atoms with Crippen LogP contribution in [0.4, 0.5) is 0 Å². The van der Waals surface area contributed by atoms with Crippen molar-refractivity contribution in [2.24, 2.45) is 0 Å². The predicted molar refractivity (Wildman–Crippen MR) is 66.1 cm³/mol. The molecule has 2 nitrogen and oxygen atoms in total. The highest BCUT2D eigenvalue weighted by molar-refractivity contribution is 9.09. The second-order valence-corrected chi connectivity index (χ2v) is 4.09. The third kappa shape index (κ3) is 3.67. The summed E-state index contributed by atoms with van der Waals surface area (Å²) >= 11 is 3.19. The molecule has 0 saturated heterocycles. The number of carbonyl (C=O) groups excluding carboxylic acids is 1. The number of nitrogens with zero attached hydrogens (tertiary/aromatic N) is 1. The quantitative estimate of drug-likeness (QED) is 0.770. The molecule has 1 aromatic rings. The molecule has 0 bridgehead atoms. The van der Waals surface area contributed by atoms with Crippen LogP contribution in [0.1, 0.15) is 18.1 Å². The van der Waals surface area contributed by atoms with Gasteiger partial charge in [-0.25, -0.2) is 0 Å². The van der Waals surface area contributed by atoms with E-state index in [0.29, 0.717) is 11.9 Å². The van der Waals surface area contributed by atoms with Gasteiger partial charge >= 0.3 is 0 Å². The minimum absolute atomic E-state index is 0.138. The average Bonchev–Trinajstić information content (AvgIpc) is 2.25. The van der Waals surface area contributed by atoms with Crippen molar-refractivity contribution in [2.45, 2.75) is 20.4 Å². The summed E-state index contributed by atoms with van der Waals surface area (Å²) in [6.45, 7) is 5.50. The van der Waals surface area contributed by atoms with E-state index < -0.39 is 0 Å². The van der Waals surface area contributed by atoms with Crippen LogP contribution in [0.2, 0.25) is 0 Å². The molecule has 0 fully saturated rings. The highest BCUT2D eigenvalue weighted by Crippen LogP contribution is 2.08. The molecule has 0 N–H and O–H groups in total. The number of carbonyl (C=O) groups is 1. The van der Waals surface area contributed by atoms with Crippen LogP contribution in [-0.2, 0) is 11.3 Å². The van der Waals surface area contributed by atoms with Gasteiger partial charge in [0, 0.05) is 13.1 Å². The van der Waals surface area contributed by atoms with Gasteiger partial charge in [0.1, 0.15) is 0 Å². The minimum Gasteiger partial charge on any atom is -0.338 e. The second-order valence-electron chi connectivity index (χ2n) is 3.53. The van der Waals surface area contributed by atoms with Gasteiger partial charge in [0.15, 0.2) is 0 Å². The summed E-state index contributed by atoms with van der Waals surface area (Å²) in [5.41, 5.74) is 2.42. The number of hydrogen-bond donors (Lipinski definition) is 0. The lowest BCUT2D eigenvalue weighted by Gasteiger charge is -2.20. The molecule has 1 aromatic carbocycles. The van der Waals surface area contributed by atoms with Gasteiger partial charge in [-0.05, 0) is 19.4 Å². The van der Waals surface area contributed by atoms with Crippen LogP contribution < -0.4 is 0 Å². The van der Waals surface area contributed by atoms with Crippen LogP contribution >= 0.6 is 15.9 Å². The summed E-state index contributed by atoms with van der Waals surface area (Å²) in [5, 5.41) is 0.395. The van der Waals surface area contributed by atoms with E-state index >= 15 is 0 Å². The van der Waals surface area contributed by atoms with E-state index in [1.807, 2.05) is 17.9 Å². The molecule has 0 saturated carbocycles. The third-order valence-corrected chi connectivity index (χ3v) is 2.78. The van der Waals surface area contributed by atoms with Crippen LogP contribution in [0.5, 0.6) is 0 Å². The summed E-state index contributed by atoms with van der Waals surface area (Å²) in [6.07, 6.45) is 0. The maximum atomic E-state index is 11.5. The zero-order chi connectivity index (χ0) is 11.3. The van der Waals surface area contributed by atoms with Crippen molar-refractivity contribution in [1.29, 1.82) is 0 Å². The molecule has 15 heavy (non-hydrogen) atoms. The van der Waals surface area contributed by atoms with Crippen molar-refractivity contribution in [3.63, 3.8) is 0 Å². The Bertz CT molecular complexity index is 338. The van der Waals surface area contributed by atoms with Crippen LogP contribution in [0.25, 0.3) is 0 Å². The molecule has 0 aliphatic carbocycles. The lowest BCUT2D eigenvalue weighted by molar-refractivity contribution is -0.128. The summed E-state index contributed by atoms with van der Waals surface area (Å²) in [7, 11) is 0. The monoisotopic (exact) mass is 269 g/mol. The zero-order valence-electron chi connectivity index (χ0n) is 9.16. The summed E-state index contributed by atoms with van der Waals surface area (Å²) in [5.74, 6) is 0.138. The van der Waals surface area contributed by atoms with Crippen LogP contribution in [0.3, 0.4) is 0 Å². The first-order valence-corrected chi connectivity index (χ1v) is 6.18. The van der Waals surface area contributed by atoms with Crippen molar-refractivity contribution in [1.82, 2.24) is 4.90 Å². The Balaban J connectivity index is 2.70. The summed E-state index contributed by atoms with van der Waals surface area (Å²) in [4.78, 5) is 13.3. The third-order valence-electron chi connectivity index (χ3n) is 2.30. The average molecular weight is 270 g/mol. The number of aryl methyl sites for hydroxylation is 1. The van der Waals surface area contributed by atoms with E-state index in [0.717, 1.165) is 6.54 Å². The largest absolute Gasteiger partial charge is 0.338 e. The van der Waals surface area contributed by atoms with Gasteiger partial charge < -0.3 is 4.90 Å². The maximum absolute atomic E-state index is 11.5. The maximum Gasteiger partial charge on any atom is 0.233 e. The fourth-order valence-electron chi connectivity index (χ4n) is 1.49. The predicted octanol–water partition coefficient (Wildman–Crippen LogP) is 2.74. The molecule has 1 rings (SSSR count). The van der Waals surface area contributed by atoms with E-state index in [2.05, 4.69) is 41.1 Å². The highest BCUT2D eigenvalue weighted by atomic mass is 79.9. The second kappa shape index (κ2) is 5.91. The normalized spacial score (nSPS) is 10.1. The lowest BCUT2D eigenvalue weighted by atomic mass is 10.1. The standard InChI is InChI=1S/C12H16BrNO/c1-3-14(12(15)8-13)9-11-6-4-5-10(2)7-11/h4-7H,3,8-9H2,1-2H3.